The molecule has 12 heavy (non-hydrogen) atoms. The lowest BCUT2D eigenvalue weighted by Crippen LogP contribution is -2.37. The van der Waals surface area contributed by atoms with Crippen LogP contribution in [0.4, 0.5) is 0 Å². The Labute approximate surface area is 76.7 Å². The van der Waals surface area contributed by atoms with E-state index in [9.17, 15) is 0 Å². The Morgan fingerprint density at radius 3 is 2.33 bits per heavy atom. The molecule has 2 N–H and O–H groups in total. The first kappa shape index (κ1) is 10.0. The zero-order valence-electron chi connectivity index (χ0n) is 8.55. The molecule has 1 aliphatic rings. The van der Waals surface area contributed by atoms with E-state index >= 15 is 0 Å². The summed E-state index contributed by atoms with van der Waals surface area (Å²) in [6, 6.07) is 0.468. The van der Waals surface area contributed by atoms with E-state index < -0.39 is 0 Å². The molecule has 0 bridgehead atoms. The first-order chi connectivity index (χ1) is 5.75. The average molecular weight is 169 g/mol. The quantitative estimate of drug-likeness (QED) is 0.690. The van der Waals surface area contributed by atoms with Gasteiger partial charge >= 0.3 is 0 Å². The van der Waals surface area contributed by atoms with Crippen LogP contribution in [0.3, 0.4) is 0 Å². The highest BCUT2D eigenvalue weighted by Gasteiger charge is 2.23. The summed E-state index contributed by atoms with van der Waals surface area (Å²) in [4.78, 5) is 0. The zero-order chi connectivity index (χ0) is 8.97. The molecule has 0 aromatic carbocycles. The summed E-state index contributed by atoms with van der Waals surface area (Å²) in [5.41, 5.74) is 6.20. The standard InChI is InChI=1S/C11H23N/c1-3-9(2)11(12)10-7-5-4-6-8-10/h9-11H,3-8,12H2,1-2H3. The van der Waals surface area contributed by atoms with Crippen LogP contribution in [0.1, 0.15) is 52.4 Å². The van der Waals surface area contributed by atoms with Crippen LogP contribution in [0.5, 0.6) is 0 Å². The van der Waals surface area contributed by atoms with E-state index in [0.29, 0.717) is 12.0 Å². The van der Waals surface area contributed by atoms with Crippen molar-refractivity contribution in [2.75, 3.05) is 0 Å². The summed E-state index contributed by atoms with van der Waals surface area (Å²) in [6.45, 7) is 4.53. The van der Waals surface area contributed by atoms with Gasteiger partial charge in [-0.1, -0.05) is 39.5 Å². The van der Waals surface area contributed by atoms with E-state index in [-0.39, 0.29) is 0 Å². The minimum Gasteiger partial charge on any atom is -0.327 e. The summed E-state index contributed by atoms with van der Waals surface area (Å²) in [7, 11) is 0. The highest BCUT2D eigenvalue weighted by Crippen LogP contribution is 2.29. The monoisotopic (exact) mass is 169 g/mol. The Hall–Kier alpha value is -0.0400. The van der Waals surface area contributed by atoms with Crippen LogP contribution < -0.4 is 5.73 Å². The molecule has 1 nitrogen and oxygen atoms in total. The molecule has 0 radical (unpaired) electrons. The maximum Gasteiger partial charge on any atom is 0.00928 e. The fraction of sp³-hybridized carbons (Fsp3) is 1.00. The van der Waals surface area contributed by atoms with E-state index in [1.807, 2.05) is 0 Å². The lowest BCUT2D eigenvalue weighted by Gasteiger charge is -2.31. The average Bonchev–Trinajstić information content (AvgIpc) is 2.17. The van der Waals surface area contributed by atoms with Crippen molar-refractivity contribution in [1.82, 2.24) is 0 Å². The van der Waals surface area contributed by atoms with Gasteiger partial charge in [-0.15, -0.1) is 0 Å². The van der Waals surface area contributed by atoms with E-state index in [1.54, 1.807) is 0 Å². The van der Waals surface area contributed by atoms with Crippen molar-refractivity contribution in [2.45, 2.75) is 58.4 Å². The number of hydrogen-bond acceptors (Lipinski definition) is 1. The van der Waals surface area contributed by atoms with E-state index in [4.69, 9.17) is 5.73 Å². The van der Waals surface area contributed by atoms with Gasteiger partial charge in [-0.2, -0.15) is 0 Å². The highest BCUT2D eigenvalue weighted by molar-refractivity contribution is 4.79. The Bertz CT molecular complexity index is 116. The van der Waals surface area contributed by atoms with Crippen molar-refractivity contribution >= 4 is 0 Å². The lowest BCUT2D eigenvalue weighted by atomic mass is 9.79. The van der Waals surface area contributed by atoms with Crippen LogP contribution in [0.25, 0.3) is 0 Å². The van der Waals surface area contributed by atoms with E-state index in [0.717, 1.165) is 5.92 Å². The molecule has 1 rings (SSSR count). The van der Waals surface area contributed by atoms with Gasteiger partial charge in [-0.25, -0.2) is 0 Å². The van der Waals surface area contributed by atoms with Gasteiger partial charge in [0.2, 0.25) is 0 Å². The van der Waals surface area contributed by atoms with Crippen molar-refractivity contribution in [3.8, 4) is 0 Å². The van der Waals surface area contributed by atoms with Crippen molar-refractivity contribution in [3.05, 3.63) is 0 Å². The summed E-state index contributed by atoms with van der Waals surface area (Å²) >= 11 is 0. The predicted molar refractivity (Wildman–Crippen MR) is 54.0 cm³/mol. The molecule has 0 aromatic rings. The van der Waals surface area contributed by atoms with Crippen LogP contribution in [0, 0.1) is 11.8 Å². The molecule has 0 spiro atoms. The largest absolute Gasteiger partial charge is 0.327 e. The topological polar surface area (TPSA) is 26.0 Å². The first-order valence-electron chi connectivity index (χ1n) is 5.51. The van der Waals surface area contributed by atoms with Gasteiger partial charge in [0, 0.05) is 6.04 Å². The maximum absolute atomic E-state index is 6.20. The van der Waals surface area contributed by atoms with Crippen molar-refractivity contribution in [3.63, 3.8) is 0 Å². The van der Waals surface area contributed by atoms with Gasteiger partial charge in [0.15, 0.2) is 0 Å². The molecule has 2 atom stereocenters. The minimum absolute atomic E-state index is 0.468. The Morgan fingerprint density at radius 1 is 1.25 bits per heavy atom. The fourth-order valence-corrected chi connectivity index (χ4v) is 2.26. The summed E-state index contributed by atoms with van der Waals surface area (Å²) in [6.07, 6.45) is 8.25. The molecule has 72 valence electrons. The van der Waals surface area contributed by atoms with Gasteiger partial charge in [0.1, 0.15) is 0 Å². The third-order valence-corrected chi connectivity index (χ3v) is 3.50. The van der Waals surface area contributed by atoms with Crippen LogP contribution in [-0.4, -0.2) is 6.04 Å². The Kier molecular flexibility index (Phi) is 4.07. The molecule has 0 saturated heterocycles. The second-order valence-electron chi connectivity index (χ2n) is 4.36. The Balaban J connectivity index is 2.33. The van der Waals surface area contributed by atoms with Crippen LogP contribution in [0.15, 0.2) is 0 Å². The van der Waals surface area contributed by atoms with Gasteiger partial charge in [-0.3, -0.25) is 0 Å². The molecule has 2 unspecified atom stereocenters. The molecular weight excluding hydrogens is 146 g/mol. The van der Waals surface area contributed by atoms with E-state index in [2.05, 4.69) is 13.8 Å². The minimum atomic E-state index is 0.468. The van der Waals surface area contributed by atoms with Crippen LogP contribution >= 0.6 is 0 Å². The third kappa shape index (κ3) is 2.48. The number of rotatable bonds is 3. The first-order valence-corrected chi connectivity index (χ1v) is 5.51. The molecule has 1 fully saturated rings. The van der Waals surface area contributed by atoms with Crippen molar-refractivity contribution < 1.29 is 0 Å². The molecule has 1 saturated carbocycles. The molecule has 0 aromatic heterocycles. The normalized spacial score (nSPS) is 25.2. The van der Waals surface area contributed by atoms with Gasteiger partial charge < -0.3 is 5.73 Å². The van der Waals surface area contributed by atoms with Gasteiger partial charge in [-0.05, 0) is 24.7 Å². The maximum atomic E-state index is 6.20. The highest BCUT2D eigenvalue weighted by atomic mass is 14.7. The molecule has 0 amide bonds. The van der Waals surface area contributed by atoms with Crippen LogP contribution in [0.2, 0.25) is 0 Å². The number of nitrogens with two attached hydrogens (primary N) is 1. The fourth-order valence-electron chi connectivity index (χ4n) is 2.26. The van der Waals surface area contributed by atoms with Gasteiger partial charge in [0.25, 0.3) is 0 Å². The molecular formula is C11H23N. The summed E-state index contributed by atoms with van der Waals surface area (Å²) < 4.78 is 0. The molecule has 0 heterocycles. The molecule has 1 aliphatic carbocycles. The zero-order valence-corrected chi connectivity index (χ0v) is 8.55. The lowest BCUT2D eigenvalue weighted by molar-refractivity contribution is 0.249. The summed E-state index contributed by atoms with van der Waals surface area (Å²) in [5.74, 6) is 1.54. The van der Waals surface area contributed by atoms with Crippen molar-refractivity contribution in [1.29, 1.82) is 0 Å². The summed E-state index contributed by atoms with van der Waals surface area (Å²) in [5, 5.41) is 0. The number of hydrogen-bond donors (Lipinski definition) is 1. The Morgan fingerprint density at radius 2 is 1.83 bits per heavy atom. The molecule has 0 aliphatic heterocycles. The second kappa shape index (κ2) is 4.86. The van der Waals surface area contributed by atoms with Crippen LogP contribution in [-0.2, 0) is 0 Å². The smallest absolute Gasteiger partial charge is 0.00928 e. The van der Waals surface area contributed by atoms with Crippen molar-refractivity contribution in [2.24, 2.45) is 17.6 Å². The molecule has 1 heteroatoms. The van der Waals surface area contributed by atoms with E-state index in [1.165, 1.54) is 38.5 Å². The third-order valence-electron chi connectivity index (χ3n) is 3.50. The predicted octanol–water partition coefficient (Wildman–Crippen LogP) is 2.94. The van der Waals surface area contributed by atoms with Gasteiger partial charge in [0.05, 0.1) is 0 Å². The second-order valence-corrected chi connectivity index (χ2v) is 4.36. The SMILES string of the molecule is CCC(C)C(N)C1CCCCC1.